The smallest absolute Gasteiger partial charge is 0.195 e. The van der Waals surface area contributed by atoms with Gasteiger partial charge in [0.15, 0.2) is 11.5 Å². The Kier molecular flexibility index (Phi) is 3.36. The van der Waals surface area contributed by atoms with Crippen LogP contribution >= 0.6 is 11.6 Å². The van der Waals surface area contributed by atoms with Crippen LogP contribution in [-0.4, -0.2) is 4.98 Å². The molecule has 0 unspecified atom stereocenters. The SMILES string of the molecule is Cc1cc(Cl)cc2nc(CCc3cccc(N)c3)oc12. The van der Waals surface area contributed by atoms with Gasteiger partial charge in [-0.3, -0.25) is 0 Å². The van der Waals surface area contributed by atoms with E-state index in [9.17, 15) is 0 Å². The number of aryl methyl sites for hydroxylation is 3. The van der Waals surface area contributed by atoms with Crippen LogP contribution in [0.15, 0.2) is 40.8 Å². The van der Waals surface area contributed by atoms with Crippen LogP contribution in [0.4, 0.5) is 5.69 Å². The van der Waals surface area contributed by atoms with Gasteiger partial charge < -0.3 is 10.2 Å². The molecule has 3 aromatic rings. The van der Waals surface area contributed by atoms with Gasteiger partial charge in [-0.15, -0.1) is 0 Å². The molecule has 0 saturated carbocycles. The highest BCUT2D eigenvalue weighted by Gasteiger charge is 2.09. The van der Waals surface area contributed by atoms with E-state index in [0.717, 1.165) is 41.1 Å². The number of hydrogen-bond acceptors (Lipinski definition) is 3. The molecule has 0 radical (unpaired) electrons. The van der Waals surface area contributed by atoms with Crippen LogP contribution in [0.1, 0.15) is 17.0 Å². The van der Waals surface area contributed by atoms with E-state index in [1.54, 1.807) is 0 Å². The molecule has 0 aliphatic heterocycles. The Morgan fingerprint density at radius 1 is 1.20 bits per heavy atom. The maximum absolute atomic E-state index is 6.03. The molecule has 102 valence electrons. The fourth-order valence-corrected chi connectivity index (χ4v) is 2.58. The van der Waals surface area contributed by atoms with Gasteiger partial charge in [0, 0.05) is 17.1 Å². The number of aromatic nitrogens is 1. The second kappa shape index (κ2) is 5.17. The summed E-state index contributed by atoms with van der Waals surface area (Å²) in [6.07, 6.45) is 1.60. The fourth-order valence-electron chi connectivity index (χ4n) is 2.31. The van der Waals surface area contributed by atoms with Gasteiger partial charge >= 0.3 is 0 Å². The summed E-state index contributed by atoms with van der Waals surface area (Å²) in [5.74, 6) is 0.729. The van der Waals surface area contributed by atoms with Crippen LogP contribution in [0.2, 0.25) is 5.02 Å². The zero-order chi connectivity index (χ0) is 14.1. The fraction of sp³-hybridized carbons (Fsp3) is 0.188. The molecule has 20 heavy (non-hydrogen) atoms. The van der Waals surface area contributed by atoms with Crippen molar-refractivity contribution in [2.24, 2.45) is 0 Å². The second-order valence-electron chi connectivity index (χ2n) is 4.92. The second-order valence-corrected chi connectivity index (χ2v) is 5.36. The highest BCUT2D eigenvalue weighted by Crippen LogP contribution is 2.24. The maximum Gasteiger partial charge on any atom is 0.195 e. The lowest BCUT2D eigenvalue weighted by Crippen LogP contribution is -1.93. The van der Waals surface area contributed by atoms with Gasteiger partial charge in [-0.05, 0) is 48.7 Å². The number of nitrogens with two attached hydrogens (primary N) is 1. The minimum absolute atomic E-state index is 0.686. The van der Waals surface area contributed by atoms with Crippen molar-refractivity contribution in [3.63, 3.8) is 0 Å². The van der Waals surface area contributed by atoms with Crippen molar-refractivity contribution < 1.29 is 4.42 Å². The third-order valence-corrected chi connectivity index (χ3v) is 3.48. The zero-order valence-electron chi connectivity index (χ0n) is 11.2. The third kappa shape index (κ3) is 2.63. The van der Waals surface area contributed by atoms with Crippen molar-refractivity contribution in [3.05, 3.63) is 58.4 Å². The number of nitrogen functional groups attached to an aromatic ring is 1. The Labute approximate surface area is 122 Å². The summed E-state index contributed by atoms with van der Waals surface area (Å²) in [4.78, 5) is 4.49. The van der Waals surface area contributed by atoms with Crippen molar-refractivity contribution in [3.8, 4) is 0 Å². The van der Waals surface area contributed by atoms with Gasteiger partial charge in [-0.25, -0.2) is 4.98 Å². The summed E-state index contributed by atoms with van der Waals surface area (Å²) in [5.41, 5.74) is 10.4. The van der Waals surface area contributed by atoms with Crippen LogP contribution in [0.25, 0.3) is 11.1 Å². The van der Waals surface area contributed by atoms with E-state index in [4.69, 9.17) is 21.8 Å². The number of benzene rings is 2. The number of nitrogens with zero attached hydrogens (tertiary/aromatic N) is 1. The monoisotopic (exact) mass is 286 g/mol. The molecule has 0 saturated heterocycles. The average Bonchev–Trinajstić information content (AvgIpc) is 2.80. The lowest BCUT2D eigenvalue weighted by Gasteiger charge is -2.00. The minimum atomic E-state index is 0.686. The van der Waals surface area contributed by atoms with Crippen LogP contribution < -0.4 is 5.73 Å². The predicted octanol–water partition coefficient (Wildman–Crippen LogP) is 4.16. The summed E-state index contributed by atoms with van der Waals surface area (Å²) < 4.78 is 5.80. The molecule has 3 nitrogen and oxygen atoms in total. The normalized spacial score (nSPS) is 11.1. The molecule has 1 aromatic heterocycles. The molecule has 0 fully saturated rings. The van der Waals surface area contributed by atoms with Gasteiger partial charge in [0.25, 0.3) is 0 Å². The Balaban J connectivity index is 1.83. The van der Waals surface area contributed by atoms with Crippen molar-refractivity contribution in [2.75, 3.05) is 5.73 Å². The predicted molar refractivity (Wildman–Crippen MR) is 82.0 cm³/mol. The molecule has 1 heterocycles. The molecule has 4 heteroatoms. The Morgan fingerprint density at radius 3 is 2.85 bits per heavy atom. The van der Waals surface area contributed by atoms with Gasteiger partial charge in [0.2, 0.25) is 0 Å². The average molecular weight is 287 g/mol. The van der Waals surface area contributed by atoms with Crippen molar-refractivity contribution in [2.45, 2.75) is 19.8 Å². The summed E-state index contributed by atoms with van der Waals surface area (Å²) in [5, 5.41) is 0.686. The molecule has 0 atom stereocenters. The van der Waals surface area contributed by atoms with E-state index in [1.165, 1.54) is 5.56 Å². The zero-order valence-corrected chi connectivity index (χ0v) is 11.9. The molecule has 2 aromatic carbocycles. The molecule has 0 aliphatic carbocycles. The van der Waals surface area contributed by atoms with E-state index < -0.39 is 0 Å². The lowest BCUT2D eigenvalue weighted by atomic mass is 10.1. The third-order valence-electron chi connectivity index (χ3n) is 3.26. The molecular formula is C16H15ClN2O. The topological polar surface area (TPSA) is 52.0 Å². The number of hydrogen-bond donors (Lipinski definition) is 1. The Morgan fingerprint density at radius 2 is 2.05 bits per heavy atom. The molecule has 0 aliphatic rings. The van der Waals surface area contributed by atoms with E-state index in [-0.39, 0.29) is 0 Å². The molecule has 3 rings (SSSR count). The lowest BCUT2D eigenvalue weighted by molar-refractivity contribution is 0.526. The van der Waals surface area contributed by atoms with Crippen molar-refractivity contribution in [1.82, 2.24) is 4.98 Å². The minimum Gasteiger partial charge on any atom is -0.440 e. The van der Waals surface area contributed by atoms with Crippen LogP contribution in [-0.2, 0) is 12.8 Å². The first-order valence-corrected chi connectivity index (χ1v) is 6.89. The highest BCUT2D eigenvalue weighted by atomic mass is 35.5. The van der Waals surface area contributed by atoms with E-state index in [2.05, 4.69) is 11.1 Å². The van der Waals surface area contributed by atoms with E-state index in [1.807, 2.05) is 37.3 Å². The highest BCUT2D eigenvalue weighted by molar-refractivity contribution is 6.31. The first-order valence-electron chi connectivity index (χ1n) is 6.52. The number of anilines is 1. The molecule has 0 bridgehead atoms. The molecule has 2 N–H and O–H groups in total. The quantitative estimate of drug-likeness (QED) is 0.736. The van der Waals surface area contributed by atoms with Crippen molar-refractivity contribution >= 4 is 28.4 Å². The van der Waals surface area contributed by atoms with Gasteiger partial charge in [0.1, 0.15) is 5.52 Å². The standard InChI is InChI=1S/C16H15ClN2O/c1-10-7-12(17)9-14-16(10)20-15(19-14)6-5-11-3-2-4-13(18)8-11/h2-4,7-9H,5-6,18H2,1H3. The van der Waals surface area contributed by atoms with Crippen LogP contribution in [0.3, 0.4) is 0 Å². The number of oxazole rings is 1. The summed E-state index contributed by atoms with van der Waals surface area (Å²) in [7, 11) is 0. The number of rotatable bonds is 3. The molecule has 0 amide bonds. The summed E-state index contributed by atoms with van der Waals surface area (Å²) in [6.45, 7) is 1.97. The summed E-state index contributed by atoms with van der Waals surface area (Å²) in [6, 6.07) is 11.6. The maximum atomic E-state index is 6.03. The van der Waals surface area contributed by atoms with Crippen LogP contribution in [0.5, 0.6) is 0 Å². The van der Waals surface area contributed by atoms with E-state index in [0.29, 0.717) is 5.02 Å². The van der Waals surface area contributed by atoms with Crippen LogP contribution in [0, 0.1) is 6.92 Å². The van der Waals surface area contributed by atoms with Crippen molar-refractivity contribution in [1.29, 1.82) is 0 Å². The largest absolute Gasteiger partial charge is 0.440 e. The van der Waals surface area contributed by atoms with E-state index >= 15 is 0 Å². The molecule has 0 spiro atoms. The van der Waals surface area contributed by atoms with Gasteiger partial charge in [-0.2, -0.15) is 0 Å². The first-order chi connectivity index (χ1) is 9.61. The number of halogens is 1. The number of fused-ring (bicyclic) bond motifs is 1. The Hall–Kier alpha value is -2.00. The summed E-state index contributed by atoms with van der Waals surface area (Å²) >= 11 is 6.03. The van der Waals surface area contributed by atoms with Gasteiger partial charge in [0.05, 0.1) is 0 Å². The Bertz CT molecular complexity index is 764. The van der Waals surface area contributed by atoms with Gasteiger partial charge in [-0.1, -0.05) is 23.7 Å². The first kappa shape index (κ1) is 13.0. The molecular weight excluding hydrogens is 272 g/mol.